The standard InChI is InChI=1S/C13H36O7Si5/c1-10-12(3)14-24(8)17-21(5)16-22(6)18-25(9,15-13(4)11-2)20-23(7)19-24/h12-13,21-23H,10-11H2,1-9H3. The van der Waals surface area contributed by atoms with E-state index in [-0.39, 0.29) is 12.2 Å². The van der Waals surface area contributed by atoms with E-state index < -0.39 is 45.5 Å². The van der Waals surface area contributed by atoms with E-state index in [9.17, 15) is 0 Å². The zero-order valence-corrected chi connectivity index (χ0v) is 22.6. The van der Waals surface area contributed by atoms with Crippen LogP contribution in [0.25, 0.3) is 0 Å². The summed E-state index contributed by atoms with van der Waals surface area (Å²) in [5, 5.41) is 0. The van der Waals surface area contributed by atoms with Gasteiger partial charge in [0.25, 0.3) is 0 Å². The van der Waals surface area contributed by atoms with Crippen LogP contribution in [0.1, 0.15) is 40.5 Å². The summed E-state index contributed by atoms with van der Waals surface area (Å²) in [6.07, 6.45) is 1.96. The number of hydrogen-bond acceptors (Lipinski definition) is 7. The summed E-state index contributed by atoms with van der Waals surface area (Å²) < 4.78 is 43.3. The van der Waals surface area contributed by atoms with E-state index >= 15 is 0 Å². The Labute approximate surface area is 160 Å². The first-order valence-electron chi connectivity index (χ1n) is 9.23. The molecule has 0 spiro atoms. The molecule has 0 aromatic heterocycles. The minimum Gasteiger partial charge on any atom is -0.420 e. The second-order valence-electron chi connectivity index (χ2n) is 6.71. The molecule has 0 saturated carbocycles. The fraction of sp³-hybridized carbons (Fsp3) is 1.00. The third-order valence-electron chi connectivity index (χ3n) is 3.88. The predicted molar refractivity (Wildman–Crippen MR) is 109 cm³/mol. The Bertz CT molecular complexity index is 375. The third kappa shape index (κ3) is 8.57. The fourth-order valence-corrected chi connectivity index (χ4v) is 20.6. The third-order valence-corrected chi connectivity index (χ3v) is 20.8. The molecule has 25 heavy (non-hydrogen) atoms. The molecule has 1 rings (SSSR count). The Balaban J connectivity index is 2.98. The first-order valence-corrected chi connectivity index (χ1v) is 20.0. The van der Waals surface area contributed by atoms with Crippen LogP contribution >= 0.6 is 0 Å². The molecule has 1 heterocycles. The van der Waals surface area contributed by atoms with Gasteiger partial charge in [0.1, 0.15) is 0 Å². The molecule has 150 valence electrons. The van der Waals surface area contributed by atoms with E-state index in [4.69, 9.17) is 29.4 Å². The Kier molecular flexibility index (Phi) is 9.90. The Morgan fingerprint density at radius 3 is 1.36 bits per heavy atom. The average molecular weight is 445 g/mol. The largest absolute Gasteiger partial charge is 0.479 e. The van der Waals surface area contributed by atoms with Gasteiger partial charge in [-0.15, -0.1) is 0 Å². The summed E-state index contributed by atoms with van der Waals surface area (Å²) in [7, 11) is -11.5. The van der Waals surface area contributed by atoms with Gasteiger partial charge in [0.15, 0.2) is 0 Å². The van der Waals surface area contributed by atoms with Crippen molar-refractivity contribution in [3.05, 3.63) is 0 Å². The van der Waals surface area contributed by atoms with E-state index in [1.165, 1.54) is 0 Å². The lowest BCUT2D eigenvalue weighted by Gasteiger charge is -2.39. The van der Waals surface area contributed by atoms with Crippen LogP contribution in [0.3, 0.4) is 0 Å². The van der Waals surface area contributed by atoms with E-state index in [0.717, 1.165) is 12.8 Å². The maximum atomic E-state index is 6.26. The van der Waals surface area contributed by atoms with Crippen LogP contribution in [0.4, 0.5) is 0 Å². The van der Waals surface area contributed by atoms with Crippen LogP contribution in [0, 0.1) is 0 Å². The molecular weight excluding hydrogens is 409 g/mol. The van der Waals surface area contributed by atoms with Crippen molar-refractivity contribution in [3.63, 3.8) is 0 Å². The van der Waals surface area contributed by atoms with E-state index in [1.54, 1.807) is 0 Å². The Morgan fingerprint density at radius 1 is 0.720 bits per heavy atom. The molecule has 6 atom stereocenters. The highest BCUT2D eigenvalue weighted by atomic mass is 28.5. The molecule has 0 bridgehead atoms. The molecule has 0 amide bonds. The SMILES string of the molecule is CCC(C)O[Si]1(C)O[SiH](C)O[SiH](C)O[Si](C)(OC(C)CC)O[SiH](C)O1. The molecule has 1 fully saturated rings. The molecular formula is C13H36O7Si5. The van der Waals surface area contributed by atoms with Crippen LogP contribution in [-0.2, 0) is 29.4 Å². The summed E-state index contributed by atoms with van der Waals surface area (Å²) in [6, 6.07) is 0. The molecule has 0 radical (unpaired) electrons. The van der Waals surface area contributed by atoms with Crippen LogP contribution in [-0.4, -0.2) is 57.7 Å². The van der Waals surface area contributed by atoms with Gasteiger partial charge >= 0.3 is 45.5 Å². The van der Waals surface area contributed by atoms with Gasteiger partial charge < -0.3 is 29.4 Å². The number of hydrogen-bond donors (Lipinski definition) is 0. The minimum absolute atomic E-state index is 0.0768. The van der Waals surface area contributed by atoms with Crippen LogP contribution in [0.2, 0.25) is 32.7 Å². The second-order valence-corrected chi connectivity index (χ2v) is 18.9. The van der Waals surface area contributed by atoms with E-state index in [0.29, 0.717) is 0 Å². The Morgan fingerprint density at radius 2 is 1.04 bits per heavy atom. The molecule has 0 aromatic carbocycles. The normalized spacial score (nSPS) is 40.4. The highest BCUT2D eigenvalue weighted by Gasteiger charge is 2.47. The van der Waals surface area contributed by atoms with Crippen molar-refractivity contribution in [2.75, 3.05) is 0 Å². The summed E-state index contributed by atoms with van der Waals surface area (Å²) in [5.41, 5.74) is 0. The van der Waals surface area contributed by atoms with Gasteiger partial charge in [-0.2, -0.15) is 0 Å². The van der Waals surface area contributed by atoms with Gasteiger partial charge in [0, 0.05) is 25.3 Å². The molecule has 1 saturated heterocycles. The summed E-state index contributed by atoms with van der Waals surface area (Å²) in [6.45, 7) is 18.1. The first-order chi connectivity index (χ1) is 11.5. The topological polar surface area (TPSA) is 64.6 Å². The first kappa shape index (κ1) is 23.8. The monoisotopic (exact) mass is 444 g/mol. The van der Waals surface area contributed by atoms with Crippen molar-refractivity contribution in [2.45, 2.75) is 85.5 Å². The lowest BCUT2D eigenvalue weighted by molar-refractivity contribution is 0.0798. The van der Waals surface area contributed by atoms with Gasteiger partial charge in [-0.1, -0.05) is 13.8 Å². The minimum atomic E-state index is -2.82. The van der Waals surface area contributed by atoms with Crippen LogP contribution < -0.4 is 0 Å². The quantitative estimate of drug-likeness (QED) is 0.583. The average Bonchev–Trinajstić information content (AvgIpc) is 2.43. The molecule has 1 aliphatic rings. The molecule has 0 N–H and O–H groups in total. The highest BCUT2D eigenvalue weighted by Crippen LogP contribution is 2.23. The van der Waals surface area contributed by atoms with Crippen LogP contribution in [0.15, 0.2) is 0 Å². The fourth-order valence-electron chi connectivity index (χ4n) is 2.62. The van der Waals surface area contributed by atoms with Gasteiger partial charge in [0.05, 0.1) is 0 Å². The zero-order valence-electron chi connectivity index (χ0n) is 17.2. The maximum absolute atomic E-state index is 6.26. The van der Waals surface area contributed by atoms with Crippen LogP contribution in [0.5, 0.6) is 0 Å². The zero-order chi connectivity index (χ0) is 19.3. The van der Waals surface area contributed by atoms with Crippen molar-refractivity contribution < 1.29 is 29.4 Å². The molecule has 0 aromatic rings. The van der Waals surface area contributed by atoms with Gasteiger partial charge in [0.2, 0.25) is 0 Å². The second kappa shape index (κ2) is 10.4. The van der Waals surface area contributed by atoms with Gasteiger partial charge in [-0.25, -0.2) is 0 Å². The maximum Gasteiger partial charge on any atom is 0.479 e. The predicted octanol–water partition coefficient (Wildman–Crippen LogP) is 2.40. The Hall–Kier alpha value is 0.804. The van der Waals surface area contributed by atoms with Crippen molar-refractivity contribution in [2.24, 2.45) is 0 Å². The lowest BCUT2D eigenvalue weighted by Crippen LogP contribution is -2.59. The van der Waals surface area contributed by atoms with Crippen molar-refractivity contribution in [3.8, 4) is 0 Å². The molecule has 0 aliphatic carbocycles. The molecule has 6 unspecified atom stereocenters. The highest BCUT2D eigenvalue weighted by molar-refractivity contribution is 6.80. The van der Waals surface area contributed by atoms with Gasteiger partial charge in [-0.3, -0.25) is 0 Å². The van der Waals surface area contributed by atoms with E-state index in [1.807, 2.05) is 46.6 Å². The van der Waals surface area contributed by atoms with Crippen molar-refractivity contribution >= 4 is 45.5 Å². The molecule has 12 heteroatoms. The van der Waals surface area contributed by atoms with E-state index in [2.05, 4.69) is 13.8 Å². The molecule has 7 nitrogen and oxygen atoms in total. The summed E-state index contributed by atoms with van der Waals surface area (Å²) in [4.78, 5) is 0. The van der Waals surface area contributed by atoms with Crippen molar-refractivity contribution in [1.82, 2.24) is 0 Å². The summed E-state index contributed by atoms with van der Waals surface area (Å²) >= 11 is 0. The number of rotatable bonds is 6. The van der Waals surface area contributed by atoms with Crippen molar-refractivity contribution in [1.29, 1.82) is 0 Å². The van der Waals surface area contributed by atoms with Gasteiger partial charge in [-0.05, 0) is 46.3 Å². The molecule has 1 aliphatic heterocycles. The summed E-state index contributed by atoms with van der Waals surface area (Å²) in [5.74, 6) is 0. The lowest BCUT2D eigenvalue weighted by atomic mass is 10.3. The smallest absolute Gasteiger partial charge is 0.420 e.